The van der Waals surface area contributed by atoms with Gasteiger partial charge >= 0.3 is 0 Å². The molecule has 2 heterocycles. The number of aromatic amines is 1. The monoisotopic (exact) mass is 324 g/mol. The number of aromatic nitrogens is 3. The van der Waals surface area contributed by atoms with E-state index in [0.29, 0.717) is 17.0 Å². The Hall–Kier alpha value is -1.08. The van der Waals surface area contributed by atoms with Crippen LogP contribution in [0.2, 0.25) is 0 Å². The van der Waals surface area contributed by atoms with Gasteiger partial charge in [-0.05, 0) is 44.4 Å². The number of ether oxygens (including phenoxy) is 1. The molecule has 2 N–H and O–H groups in total. The molecule has 2 fully saturated rings. The molecule has 1 saturated carbocycles. The summed E-state index contributed by atoms with van der Waals surface area (Å²) in [7, 11) is 0. The number of amides is 1. The van der Waals surface area contributed by atoms with Gasteiger partial charge in [-0.3, -0.25) is 9.89 Å². The molecule has 22 heavy (non-hydrogen) atoms. The molecule has 1 atom stereocenters. The normalized spacial score (nSPS) is 28.7. The van der Waals surface area contributed by atoms with Gasteiger partial charge in [0.2, 0.25) is 11.1 Å². The maximum atomic E-state index is 12.0. The molecule has 7 heteroatoms. The quantitative estimate of drug-likeness (QED) is 0.813. The van der Waals surface area contributed by atoms with Gasteiger partial charge in [0.1, 0.15) is 6.10 Å². The van der Waals surface area contributed by atoms with Crippen molar-refractivity contribution in [1.29, 1.82) is 0 Å². The van der Waals surface area contributed by atoms with E-state index in [1.54, 1.807) is 0 Å². The number of carbonyl (C=O) groups is 1. The number of nitrogens with one attached hydrogen (secondary N) is 2. The first-order valence-electron chi connectivity index (χ1n) is 8.17. The lowest BCUT2D eigenvalue weighted by atomic mass is 9.87. The summed E-state index contributed by atoms with van der Waals surface area (Å²) in [5.74, 6) is 2.02. The minimum atomic E-state index is 0.0416. The van der Waals surface area contributed by atoms with Crippen LogP contribution in [-0.4, -0.2) is 39.5 Å². The van der Waals surface area contributed by atoms with Crippen LogP contribution >= 0.6 is 11.8 Å². The molecule has 0 spiro atoms. The third-order valence-corrected chi connectivity index (χ3v) is 5.28. The van der Waals surface area contributed by atoms with E-state index in [2.05, 4.69) is 27.4 Å². The highest BCUT2D eigenvalue weighted by atomic mass is 32.2. The number of carbonyl (C=O) groups excluding carboxylic acids is 1. The van der Waals surface area contributed by atoms with Gasteiger partial charge in [-0.15, -0.1) is 5.10 Å². The van der Waals surface area contributed by atoms with E-state index < -0.39 is 0 Å². The van der Waals surface area contributed by atoms with Crippen molar-refractivity contribution in [1.82, 2.24) is 20.5 Å². The van der Waals surface area contributed by atoms with Crippen LogP contribution in [-0.2, 0) is 9.53 Å². The number of H-pyrrole nitrogens is 1. The van der Waals surface area contributed by atoms with Crippen LogP contribution in [0, 0.1) is 5.92 Å². The summed E-state index contributed by atoms with van der Waals surface area (Å²) in [6.07, 6.45) is 6.71. The molecule has 1 aliphatic carbocycles. The van der Waals surface area contributed by atoms with E-state index in [0.717, 1.165) is 44.0 Å². The molecule has 122 valence electrons. The molecule has 2 aliphatic rings. The topological polar surface area (TPSA) is 79.9 Å². The third kappa shape index (κ3) is 4.23. The van der Waals surface area contributed by atoms with Gasteiger partial charge in [-0.2, -0.15) is 0 Å². The van der Waals surface area contributed by atoms with Crippen LogP contribution in [0.25, 0.3) is 0 Å². The molecule has 1 saturated heterocycles. The maximum absolute atomic E-state index is 12.0. The first-order valence-corrected chi connectivity index (χ1v) is 9.15. The van der Waals surface area contributed by atoms with Gasteiger partial charge in [-0.1, -0.05) is 18.7 Å². The van der Waals surface area contributed by atoms with Crippen LogP contribution in [0.4, 0.5) is 0 Å². The zero-order chi connectivity index (χ0) is 15.4. The Kier molecular flexibility index (Phi) is 5.36. The molecule has 0 radical (unpaired) electrons. The Morgan fingerprint density at radius 1 is 1.36 bits per heavy atom. The summed E-state index contributed by atoms with van der Waals surface area (Å²) < 4.78 is 5.56. The lowest BCUT2D eigenvalue weighted by molar-refractivity contribution is -0.119. The Morgan fingerprint density at radius 3 is 2.91 bits per heavy atom. The van der Waals surface area contributed by atoms with Crippen LogP contribution < -0.4 is 5.32 Å². The van der Waals surface area contributed by atoms with Crippen molar-refractivity contribution in [3.05, 3.63) is 5.82 Å². The highest BCUT2D eigenvalue weighted by Gasteiger charge is 2.22. The SMILES string of the molecule is CC1CCC(NC(=O)CSc2n[nH]c(C3CCCO3)n2)CC1. The van der Waals surface area contributed by atoms with E-state index in [4.69, 9.17) is 4.74 Å². The predicted molar refractivity (Wildman–Crippen MR) is 84.6 cm³/mol. The molecule has 1 aliphatic heterocycles. The number of hydrogen-bond donors (Lipinski definition) is 2. The van der Waals surface area contributed by atoms with Crippen molar-refractivity contribution in [3.8, 4) is 0 Å². The first kappa shape index (κ1) is 15.8. The van der Waals surface area contributed by atoms with Crippen molar-refractivity contribution < 1.29 is 9.53 Å². The van der Waals surface area contributed by atoms with Crippen LogP contribution in [0.3, 0.4) is 0 Å². The van der Waals surface area contributed by atoms with Gasteiger partial charge in [-0.25, -0.2) is 4.98 Å². The number of nitrogens with zero attached hydrogens (tertiary/aromatic N) is 2. The second-order valence-electron chi connectivity index (χ2n) is 6.32. The zero-order valence-electron chi connectivity index (χ0n) is 13.0. The minimum absolute atomic E-state index is 0.0416. The fourth-order valence-corrected chi connectivity index (χ4v) is 3.68. The molecule has 6 nitrogen and oxygen atoms in total. The minimum Gasteiger partial charge on any atom is -0.370 e. The molecule has 1 unspecified atom stereocenters. The van der Waals surface area contributed by atoms with Crippen LogP contribution in [0.1, 0.15) is 57.4 Å². The van der Waals surface area contributed by atoms with E-state index in [-0.39, 0.29) is 12.0 Å². The average molecular weight is 324 g/mol. The van der Waals surface area contributed by atoms with Gasteiger partial charge in [0.25, 0.3) is 0 Å². The van der Waals surface area contributed by atoms with Crippen molar-refractivity contribution in [3.63, 3.8) is 0 Å². The average Bonchev–Trinajstić information content (AvgIpc) is 3.18. The number of hydrogen-bond acceptors (Lipinski definition) is 5. The van der Waals surface area contributed by atoms with E-state index >= 15 is 0 Å². The smallest absolute Gasteiger partial charge is 0.230 e. The van der Waals surface area contributed by atoms with Crippen molar-refractivity contribution in [2.24, 2.45) is 5.92 Å². The van der Waals surface area contributed by atoms with Gasteiger partial charge in [0.05, 0.1) is 5.75 Å². The molecule has 3 rings (SSSR count). The Bertz CT molecular complexity index is 493. The summed E-state index contributed by atoms with van der Waals surface area (Å²) in [5.41, 5.74) is 0. The molecule has 1 aromatic heterocycles. The highest BCUT2D eigenvalue weighted by molar-refractivity contribution is 7.99. The summed E-state index contributed by atoms with van der Waals surface area (Å²) >= 11 is 1.38. The Balaban J connectivity index is 1.41. The fraction of sp³-hybridized carbons (Fsp3) is 0.800. The van der Waals surface area contributed by atoms with E-state index in [9.17, 15) is 4.79 Å². The Morgan fingerprint density at radius 2 is 2.18 bits per heavy atom. The van der Waals surface area contributed by atoms with Gasteiger partial charge < -0.3 is 10.1 Å². The summed E-state index contributed by atoms with van der Waals surface area (Å²) in [4.78, 5) is 16.4. The molecule has 0 bridgehead atoms. The van der Waals surface area contributed by atoms with Crippen LogP contribution in [0.15, 0.2) is 5.16 Å². The summed E-state index contributed by atoms with van der Waals surface area (Å²) in [5, 5.41) is 10.8. The summed E-state index contributed by atoms with van der Waals surface area (Å²) in [6.45, 7) is 3.07. The first-order chi connectivity index (χ1) is 10.7. The summed E-state index contributed by atoms with van der Waals surface area (Å²) in [6, 6.07) is 0.346. The molecular weight excluding hydrogens is 300 g/mol. The molecule has 1 aromatic rings. The van der Waals surface area contributed by atoms with E-state index in [1.807, 2.05) is 0 Å². The van der Waals surface area contributed by atoms with Gasteiger partial charge in [0, 0.05) is 12.6 Å². The molecule has 1 amide bonds. The van der Waals surface area contributed by atoms with Gasteiger partial charge in [0.15, 0.2) is 5.82 Å². The predicted octanol–water partition coefficient (Wildman–Crippen LogP) is 2.44. The van der Waals surface area contributed by atoms with E-state index in [1.165, 1.54) is 24.6 Å². The Labute approximate surface area is 135 Å². The lowest BCUT2D eigenvalue weighted by Crippen LogP contribution is -2.38. The lowest BCUT2D eigenvalue weighted by Gasteiger charge is -2.26. The third-order valence-electron chi connectivity index (χ3n) is 4.43. The van der Waals surface area contributed by atoms with Crippen molar-refractivity contribution >= 4 is 17.7 Å². The maximum Gasteiger partial charge on any atom is 0.230 e. The molecule has 0 aromatic carbocycles. The number of rotatable bonds is 5. The second-order valence-corrected chi connectivity index (χ2v) is 7.26. The highest BCUT2D eigenvalue weighted by Crippen LogP contribution is 2.27. The second kappa shape index (κ2) is 7.46. The van der Waals surface area contributed by atoms with Crippen molar-refractivity contribution in [2.45, 2.75) is 62.8 Å². The largest absolute Gasteiger partial charge is 0.370 e. The van der Waals surface area contributed by atoms with Crippen molar-refractivity contribution in [2.75, 3.05) is 12.4 Å². The fourth-order valence-electron chi connectivity index (χ4n) is 3.06. The zero-order valence-corrected chi connectivity index (χ0v) is 13.8. The molecular formula is C15H24N4O2S. The standard InChI is InChI=1S/C15H24N4O2S/c1-10-4-6-11(7-5-10)16-13(20)9-22-15-17-14(18-19-15)12-3-2-8-21-12/h10-12H,2-9H2,1H3,(H,16,20)(H,17,18,19). The van der Waals surface area contributed by atoms with Crippen LogP contribution in [0.5, 0.6) is 0 Å². The number of thioether (sulfide) groups is 1.